The molecule has 0 amide bonds. The van der Waals surface area contributed by atoms with E-state index in [-0.39, 0.29) is 13.0 Å². The molecule has 0 aliphatic rings. The number of hydrogen-bond donors (Lipinski definition) is 3. The first kappa shape index (κ1) is 34.6. The van der Waals surface area contributed by atoms with E-state index in [1.54, 1.807) is 0 Å². The van der Waals surface area contributed by atoms with Gasteiger partial charge in [0.25, 0.3) is 0 Å². The molecular formula is C29H59NO4P+. The maximum absolute atomic E-state index is 11.8. The molecule has 6 heteroatoms. The van der Waals surface area contributed by atoms with Crippen LogP contribution in [0.3, 0.4) is 0 Å². The Morgan fingerprint density at radius 2 is 1.00 bits per heavy atom. The molecule has 0 radical (unpaired) electrons. The minimum absolute atomic E-state index is 0.0465. The average Bonchev–Trinajstić information content (AvgIpc) is 2.75. The standard InChI is InChI=1S/C29H58NO4P/c1-5-6-7-8-9-10-11-12-13-14-15-16-17-18-19-20-21-22-23-24-25-26-27-29(31,35(32,33)34)28-30(2,3)4/h16-17,21-22,31H,5-15,18-20,23-28H2,1-4H3,(H-,32,33,34)/p+1/b17-16-,22-21-. The predicted molar refractivity (Wildman–Crippen MR) is 152 cm³/mol. The summed E-state index contributed by atoms with van der Waals surface area (Å²) < 4.78 is 12.1. The number of aliphatic hydroxyl groups is 1. The smallest absolute Gasteiger partial charge is 0.362 e. The van der Waals surface area contributed by atoms with E-state index < -0.39 is 12.9 Å². The van der Waals surface area contributed by atoms with Crippen molar-refractivity contribution < 1.29 is 23.9 Å². The van der Waals surface area contributed by atoms with E-state index >= 15 is 0 Å². The van der Waals surface area contributed by atoms with Gasteiger partial charge < -0.3 is 19.4 Å². The van der Waals surface area contributed by atoms with E-state index in [2.05, 4.69) is 31.2 Å². The molecule has 0 saturated carbocycles. The SMILES string of the molecule is CCCCCCCCCCCC/C=C\CCC/C=C\CCCCCC(O)(C[N+](C)(C)C)P(=O)(O)O. The molecule has 3 N–H and O–H groups in total. The number of likely N-dealkylation sites (N-methyl/N-ethyl adjacent to an activating group) is 1. The van der Waals surface area contributed by atoms with Gasteiger partial charge in [-0.1, -0.05) is 95.4 Å². The van der Waals surface area contributed by atoms with Crippen molar-refractivity contribution in [1.82, 2.24) is 0 Å². The second-order valence-electron chi connectivity index (χ2n) is 11.4. The summed E-state index contributed by atoms with van der Waals surface area (Å²) in [5, 5.41) is 8.62. The second-order valence-corrected chi connectivity index (χ2v) is 13.3. The lowest BCUT2D eigenvalue weighted by atomic mass is 10.1. The van der Waals surface area contributed by atoms with E-state index in [4.69, 9.17) is 0 Å². The van der Waals surface area contributed by atoms with Gasteiger partial charge in [-0.05, 0) is 57.8 Å². The number of nitrogens with zero attached hydrogens (tertiary/aromatic N) is 1. The molecule has 35 heavy (non-hydrogen) atoms. The highest BCUT2D eigenvalue weighted by molar-refractivity contribution is 7.53. The Morgan fingerprint density at radius 1 is 0.629 bits per heavy atom. The molecule has 0 heterocycles. The molecular weight excluding hydrogens is 457 g/mol. The fourth-order valence-corrected chi connectivity index (χ4v) is 5.56. The van der Waals surface area contributed by atoms with Crippen molar-refractivity contribution in [1.29, 1.82) is 0 Å². The fourth-order valence-electron chi connectivity index (χ4n) is 4.50. The van der Waals surface area contributed by atoms with Gasteiger partial charge in [0, 0.05) is 0 Å². The van der Waals surface area contributed by atoms with Gasteiger partial charge >= 0.3 is 7.60 Å². The largest absolute Gasteiger partial charge is 0.373 e. The summed E-state index contributed by atoms with van der Waals surface area (Å²) in [5.41, 5.74) is 0. The van der Waals surface area contributed by atoms with Gasteiger partial charge in [0.05, 0.1) is 21.1 Å². The molecule has 0 bridgehead atoms. The monoisotopic (exact) mass is 516 g/mol. The third-order valence-electron chi connectivity index (χ3n) is 6.52. The Labute approximate surface area is 217 Å². The van der Waals surface area contributed by atoms with Crippen LogP contribution in [0.25, 0.3) is 0 Å². The molecule has 5 nitrogen and oxygen atoms in total. The van der Waals surface area contributed by atoms with Crippen LogP contribution in [0.2, 0.25) is 0 Å². The molecule has 0 spiro atoms. The van der Waals surface area contributed by atoms with Gasteiger partial charge in [0.2, 0.25) is 5.34 Å². The summed E-state index contributed by atoms with van der Waals surface area (Å²) in [6, 6.07) is 0. The number of unbranched alkanes of at least 4 members (excludes halogenated alkanes) is 15. The fraction of sp³-hybridized carbons (Fsp3) is 0.862. The average molecular weight is 517 g/mol. The first-order valence-electron chi connectivity index (χ1n) is 14.4. The van der Waals surface area contributed by atoms with Crippen molar-refractivity contribution in [2.24, 2.45) is 0 Å². The molecule has 0 saturated heterocycles. The van der Waals surface area contributed by atoms with Crippen LogP contribution in [0.1, 0.15) is 129 Å². The topological polar surface area (TPSA) is 77.8 Å². The lowest BCUT2D eigenvalue weighted by Gasteiger charge is -2.35. The lowest BCUT2D eigenvalue weighted by Crippen LogP contribution is -2.49. The lowest BCUT2D eigenvalue weighted by molar-refractivity contribution is -0.875. The minimum Gasteiger partial charge on any atom is -0.373 e. The predicted octanol–water partition coefficient (Wildman–Crippen LogP) is 8.10. The number of quaternary nitrogens is 1. The van der Waals surface area contributed by atoms with Gasteiger partial charge in [-0.15, -0.1) is 0 Å². The molecule has 0 aromatic rings. The van der Waals surface area contributed by atoms with Crippen molar-refractivity contribution in [3.63, 3.8) is 0 Å². The normalized spacial score (nSPS) is 14.8. The van der Waals surface area contributed by atoms with Gasteiger partial charge in [0.1, 0.15) is 6.54 Å². The Morgan fingerprint density at radius 3 is 1.40 bits per heavy atom. The molecule has 208 valence electrons. The van der Waals surface area contributed by atoms with Crippen LogP contribution in [0, 0.1) is 0 Å². The molecule has 0 fully saturated rings. The zero-order valence-electron chi connectivity index (χ0n) is 23.6. The maximum atomic E-state index is 11.8. The van der Waals surface area contributed by atoms with Crippen molar-refractivity contribution in [3.8, 4) is 0 Å². The zero-order valence-corrected chi connectivity index (χ0v) is 24.5. The number of rotatable bonds is 24. The first-order chi connectivity index (χ1) is 16.5. The summed E-state index contributed by atoms with van der Waals surface area (Å²) in [5.74, 6) is 0. The highest BCUT2D eigenvalue weighted by Gasteiger charge is 2.48. The summed E-state index contributed by atoms with van der Waals surface area (Å²) >= 11 is 0. The highest BCUT2D eigenvalue weighted by atomic mass is 31.2. The van der Waals surface area contributed by atoms with Crippen molar-refractivity contribution >= 4 is 7.60 Å². The maximum Gasteiger partial charge on any atom is 0.362 e. The summed E-state index contributed by atoms with van der Waals surface area (Å²) in [6.07, 6.45) is 31.3. The first-order valence-corrected chi connectivity index (χ1v) is 16.0. The molecule has 1 atom stereocenters. The van der Waals surface area contributed by atoms with Gasteiger partial charge in [-0.25, -0.2) is 0 Å². The van der Waals surface area contributed by atoms with Crippen LogP contribution in [0.5, 0.6) is 0 Å². The van der Waals surface area contributed by atoms with Crippen LogP contribution in [0.15, 0.2) is 24.3 Å². The third-order valence-corrected chi connectivity index (χ3v) is 7.97. The molecule has 0 aromatic carbocycles. The number of allylic oxidation sites excluding steroid dienone is 4. The van der Waals surface area contributed by atoms with Gasteiger partial charge in [-0.3, -0.25) is 4.57 Å². The van der Waals surface area contributed by atoms with E-state index in [0.29, 0.717) is 10.9 Å². The van der Waals surface area contributed by atoms with E-state index in [9.17, 15) is 19.5 Å². The van der Waals surface area contributed by atoms with Crippen LogP contribution in [-0.2, 0) is 4.57 Å². The van der Waals surface area contributed by atoms with Crippen molar-refractivity contribution in [3.05, 3.63) is 24.3 Å². The minimum atomic E-state index is -4.56. The third kappa shape index (κ3) is 21.4. The Balaban J connectivity index is 3.62. The van der Waals surface area contributed by atoms with Crippen LogP contribution in [0.4, 0.5) is 0 Å². The summed E-state index contributed by atoms with van der Waals surface area (Å²) in [7, 11) is 0.939. The van der Waals surface area contributed by atoms with Gasteiger partial charge in [0.15, 0.2) is 0 Å². The quantitative estimate of drug-likeness (QED) is 0.0524. The summed E-state index contributed by atoms with van der Waals surface area (Å²) in [6.45, 7) is 2.32. The zero-order chi connectivity index (χ0) is 26.5. The van der Waals surface area contributed by atoms with E-state index in [1.807, 2.05) is 21.1 Å². The molecule has 0 aliphatic carbocycles. The molecule has 0 rings (SSSR count). The Kier molecular flexibility index (Phi) is 20.3. The molecule has 0 aliphatic heterocycles. The van der Waals surface area contributed by atoms with Gasteiger partial charge in [-0.2, -0.15) is 0 Å². The highest BCUT2D eigenvalue weighted by Crippen LogP contribution is 2.52. The van der Waals surface area contributed by atoms with Crippen LogP contribution >= 0.6 is 7.60 Å². The Hall–Kier alpha value is -0.450. The second kappa shape index (κ2) is 20.6. The van der Waals surface area contributed by atoms with Crippen molar-refractivity contribution in [2.75, 3.05) is 27.7 Å². The van der Waals surface area contributed by atoms with Crippen LogP contribution < -0.4 is 0 Å². The van der Waals surface area contributed by atoms with Crippen molar-refractivity contribution in [2.45, 2.75) is 134 Å². The van der Waals surface area contributed by atoms with E-state index in [1.165, 1.54) is 77.0 Å². The Bertz CT molecular complexity index is 594. The summed E-state index contributed by atoms with van der Waals surface area (Å²) in [4.78, 5) is 19.2. The van der Waals surface area contributed by atoms with E-state index in [0.717, 1.165) is 32.1 Å². The number of hydrogen-bond acceptors (Lipinski definition) is 2. The molecule has 0 aromatic heterocycles. The molecule has 1 unspecified atom stereocenters. The van der Waals surface area contributed by atoms with Crippen LogP contribution in [-0.4, -0.2) is 52.4 Å².